The SMILES string of the molecule is O=NCc1c(-c2ccccc2Cl)ccc2c1OCO2. The molecule has 1 aliphatic heterocycles. The van der Waals surface area contributed by atoms with Crippen LogP contribution < -0.4 is 9.47 Å². The number of ether oxygens (including phenoxy) is 2. The van der Waals surface area contributed by atoms with Gasteiger partial charge in [0.15, 0.2) is 11.5 Å². The molecule has 0 saturated carbocycles. The minimum atomic E-state index is 0.0209. The molecule has 1 heterocycles. The van der Waals surface area contributed by atoms with Gasteiger partial charge in [0.2, 0.25) is 6.79 Å². The molecule has 0 unspecified atom stereocenters. The minimum absolute atomic E-state index is 0.0209. The van der Waals surface area contributed by atoms with E-state index in [-0.39, 0.29) is 13.3 Å². The molecule has 2 aromatic rings. The number of halogens is 1. The first-order valence-corrected chi connectivity index (χ1v) is 6.14. The summed E-state index contributed by atoms with van der Waals surface area (Å²) in [5.74, 6) is 1.21. The van der Waals surface area contributed by atoms with Gasteiger partial charge in [-0.2, -0.15) is 4.91 Å². The van der Waals surface area contributed by atoms with Crippen LogP contribution in [0.3, 0.4) is 0 Å². The Kier molecular flexibility index (Phi) is 3.09. The monoisotopic (exact) mass is 275 g/mol. The van der Waals surface area contributed by atoms with Gasteiger partial charge in [-0.15, -0.1) is 0 Å². The van der Waals surface area contributed by atoms with Gasteiger partial charge in [0.1, 0.15) is 6.54 Å². The lowest BCUT2D eigenvalue weighted by molar-refractivity contribution is 0.173. The number of fused-ring (bicyclic) bond motifs is 1. The zero-order valence-corrected chi connectivity index (χ0v) is 10.7. The molecule has 96 valence electrons. The lowest BCUT2D eigenvalue weighted by atomic mass is 9.98. The highest BCUT2D eigenvalue weighted by molar-refractivity contribution is 6.33. The molecule has 4 nitrogen and oxygen atoms in total. The van der Waals surface area contributed by atoms with Crippen LogP contribution in [0.25, 0.3) is 11.1 Å². The Morgan fingerprint density at radius 1 is 1.11 bits per heavy atom. The third-order valence-electron chi connectivity index (χ3n) is 3.03. The first-order valence-electron chi connectivity index (χ1n) is 5.76. The maximum atomic E-state index is 10.7. The van der Waals surface area contributed by atoms with Crippen LogP contribution in [0, 0.1) is 4.91 Å². The molecule has 0 aromatic heterocycles. The molecule has 0 saturated heterocycles. The fraction of sp³-hybridized carbons (Fsp3) is 0.143. The first kappa shape index (κ1) is 12.0. The van der Waals surface area contributed by atoms with E-state index in [9.17, 15) is 4.91 Å². The Balaban J connectivity index is 2.21. The van der Waals surface area contributed by atoms with Crippen LogP contribution in [0.2, 0.25) is 5.02 Å². The van der Waals surface area contributed by atoms with E-state index in [4.69, 9.17) is 21.1 Å². The number of nitrogens with zero attached hydrogens (tertiary/aromatic N) is 1. The van der Waals surface area contributed by atoms with Gasteiger partial charge in [0, 0.05) is 16.1 Å². The zero-order valence-electron chi connectivity index (χ0n) is 9.93. The van der Waals surface area contributed by atoms with Gasteiger partial charge in [0.05, 0.1) is 0 Å². The Morgan fingerprint density at radius 3 is 2.74 bits per heavy atom. The predicted molar refractivity (Wildman–Crippen MR) is 72.5 cm³/mol. The quantitative estimate of drug-likeness (QED) is 0.796. The van der Waals surface area contributed by atoms with Crippen LogP contribution in [0.4, 0.5) is 0 Å². The van der Waals surface area contributed by atoms with E-state index >= 15 is 0 Å². The average Bonchev–Trinajstić information content (AvgIpc) is 2.89. The van der Waals surface area contributed by atoms with Crippen molar-refractivity contribution in [1.29, 1.82) is 0 Å². The molecule has 0 aliphatic carbocycles. The van der Waals surface area contributed by atoms with Crippen molar-refractivity contribution in [2.75, 3.05) is 6.79 Å². The summed E-state index contributed by atoms with van der Waals surface area (Å²) in [5, 5.41) is 3.59. The van der Waals surface area contributed by atoms with Gasteiger partial charge in [0.25, 0.3) is 0 Å². The van der Waals surface area contributed by atoms with Crippen LogP contribution in [0.15, 0.2) is 41.6 Å². The fourth-order valence-corrected chi connectivity index (χ4v) is 2.42. The highest BCUT2D eigenvalue weighted by atomic mass is 35.5. The van der Waals surface area contributed by atoms with Gasteiger partial charge >= 0.3 is 0 Å². The zero-order chi connectivity index (χ0) is 13.2. The molecule has 0 N–H and O–H groups in total. The van der Waals surface area contributed by atoms with Crippen molar-refractivity contribution < 1.29 is 9.47 Å². The van der Waals surface area contributed by atoms with E-state index in [0.717, 1.165) is 11.1 Å². The standard InChI is InChI=1S/C14H10ClNO3/c15-12-4-2-1-3-10(12)9-5-6-13-14(19-8-18-13)11(9)7-16-17/h1-6H,7-8H2. The van der Waals surface area contributed by atoms with Crippen molar-refractivity contribution in [3.05, 3.63) is 51.9 Å². The molecule has 5 heteroatoms. The van der Waals surface area contributed by atoms with E-state index in [0.29, 0.717) is 22.1 Å². The van der Waals surface area contributed by atoms with E-state index in [1.54, 1.807) is 6.07 Å². The average molecular weight is 276 g/mol. The summed E-state index contributed by atoms with van der Waals surface area (Å²) in [4.78, 5) is 10.7. The predicted octanol–water partition coefficient (Wildman–Crippen LogP) is 4.00. The van der Waals surface area contributed by atoms with Crippen LogP contribution in [0.5, 0.6) is 11.5 Å². The maximum Gasteiger partial charge on any atom is 0.231 e. The molecule has 2 aromatic carbocycles. The number of hydrogen-bond donors (Lipinski definition) is 0. The van der Waals surface area contributed by atoms with E-state index in [1.165, 1.54) is 0 Å². The normalized spacial score (nSPS) is 12.5. The molecule has 0 bridgehead atoms. The number of rotatable bonds is 3. The van der Waals surface area contributed by atoms with E-state index in [2.05, 4.69) is 5.18 Å². The molecule has 3 rings (SSSR count). The summed E-state index contributed by atoms with van der Waals surface area (Å²) in [5.41, 5.74) is 2.40. The second-order valence-electron chi connectivity index (χ2n) is 4.09. The second-order valence-corrected chi connectivity index (χ2v) is 4.50. The largest absolute Gasteiger partial charge is 0.454 e. The Bertz CT molecular complexity index is 643. The van der Waals surface area contributed by atoms with Crippen molar-refractivity contribution in [3.63, 3.8) is 0 Å². The van der Waals surface area contributed by atoms with Crippen LogP contribution in [0.1, 0.15) is 5.56 Å². The molecule has 0 fully saturated rings. The summed E-state index contributed by atoms with van der Waals surface area (Å²) in [6, 6.07) is 11.1. The summed E-state index contributed by atoms with van der Waals surface area (Å²) >= 11 is 6.20. The van der Waals surface area contributed by atoms with Crippen molar-refractivity contribution in [2.24, 2.45) is 5.18 Å². The van der Waals surface area contributed by atoms with Gasteiger partial charge < -0.3 is 9.47 Å². The molecule has 0 amide bonds. The topological polar surface area (TPSA) is 47.9 Å². The molecule has 0 radical (unpaired) electrons. The number of hydrogen-bond acceptors (Lipinski definition) is 4. The van der Waals surface area contributed by atoms with E-state index < -0.39 is 0 Å². The van der Waals surface area contributed by atoms with Gasteiger partial charge in [-0.1, -0.05) is 41.0 Å². The van der Waals surface area contributed by atoms with Crippen molar-refractivity contribution in [2.45, 2.75) is 6.54 Å². The molecular weight excluding hydrogens is 266 g/mol. The van der Waals surface area contributed by atoms with Gasteiger partial charge in [-0.05, 0) is 17.7 Å². The minimum Gasteiger partial charge on any atom is -0.454 e. The third-order valence-corrected chi connectivity index (χ3v) is 3.36. The van der Waals surface area contributed by atoms with Gasteiger partial charge in [-0.3, -0.25) is 0 Å². The highest BCUT2D eigenvalue weighted by Gasteiger charge is 2.22. The van der Waals surface area contributed by atoms with Crippen molar-refractivity contribution in [1.82, 2.24) is 0 Å². The lowest BCUT2D eigenvalue weighted by Crippen LogP contribution is -1.95. The highest BCUT2D eigenvalue weighted by Crippen LogP contribution is 2.42. The van der Waals surface area contributed by atoms with Crippen molar-refractivity contribution >= 4 is 11.6 Å². The van der Waals surface area contributed by atoms with Crippen LogP contribution in [-0.4, -0.2) is 6.79 Å². The molecular formula is C14H10ClNO3. The molecule has 19 heavy (non-hydrogen) atoms. The Labute approximate surface area is 114 Å². The fourth-order valence-electron chi connectivity index (χ4n) is 2.18. The maximum absolute atomic E-state index is 10.7. The molecule has 1 aliphatic rings. The second kappa shape index (κ2) is 4.90. The summed E-state index contributed by atoms with van der Waals surface area (Å²) in [6.07, 6.45) is 0. The lowest BCUT2D eigenvalue weighted by Gasteiger charge is -2.11. The van der Waals surface area contributed by atoms with E-state index in [1.807, 2.05) is 30.3 Å². The smallest absolute Gasteiger partial charge is 0.231 e. The molecule has 0 spiro atoms. The van der Waals surface area contributed by atoms with Gasteiger partial charge in [-0.25, -0.2) is 0 Å². The van der Waals surface area contributed by atoms with Crippen LogP contribution >= 0.6 is 11.6 Å². The summed E-state index contributed by atoms with van der Waals surface area (Å²) < 4.78 is 10.7. The first-order chi connectivity index (χ1) is 9.31. The summed E-state index contributed by atoms with van der Waals surface area (Å²) in [6.45, 7) is 0.181. The third kappa shape index (κ3) is 2.04. The van der Waals surface area contributed by atoms with Crippen molar-refractivity contribution in [3.8, 4) is 22.6 Å². The Morgan fingerprint density at radius 2 is 1.95 bits per heavy atom. The number of benzene rings is 2. The molecule has 0 atom stereocenters. The van der Waals surface area contributed by atoms with Crippen LogP contribution in [-0.2, 0) is 6.54 Å². The summed E-state index contributed by atoms with van der Waals surface area (Å²) in [7, 11) is 0. The number of nitroso groups, excluding NO2 is 1. The Hall–Kier alpha value is -2.07.